The van der Waals surface area contributed by atoms with E-state index in [-0.39, 0.29) is 11.9 Å². The van der Waals surface area contributed by atoms with Crippen LogP contribution in [0.4, 0.5) is 0 Å². The second kappa shape index (κ2) is 7.47. The number of rotatable bonds is 6. The van der Waals surface area contributed by atoms with E-state index in [0.717, 1.165) is 12.2 Å². The number of carbonyl (C=O) groups is 1. The molecule has 1 unspecified atom stereocenters. The number of benzene rings is 1. The highest BCUT2D eigenvalue weighted by atomic mass is 32.2. The van der Waals surface area contributed by atoms with Crippen LogP contribution >= 0.6 is 11.8 Å². The minimum atomic E-state index is 0.153. The van der Waals surface area contributed by atoms with E-state index in [9.17, 15) is 4.79 Å². The van der Waals surface area contributed by atoms with Gasteiger partial charge in [0.15, 0.2) is 0 Å². The first kappa shape index (κ1) is 15.1. The predicted octanol–water partition coefficient (Wildman–Crippen LogP) is 3.70. The monoisotopic (exact) mass is 265 g/mol. The fourth-order valence-electron chi connectivity index (χ4n) is 1.51. The number of amides is 1. The fraction of sp³-hybridized carbons (Fsp3) is 0.533. The van der Waals surface area contributed by atoms with E-state index in [0.29, 0.717) is 6.42 Å². The predicted molar refractivity (Wildman–Crippen MR) is 79.2 cm³/mol. The lowest BCUT2D eigenvalue weighted by atomic mass is 10.1. The Labute approximate surface area is 115 Å². The van der Waals surface area contributed by atoms with Crippen LogP contribution in [0.3, 0.4) is 0 Å². The van der Waals surface area contributed by atoms with E-state index in [2.05, 4.69) is 44.3 Å². The van der Waals surface area contributed by atoms with E-state index in [1.165, 1.54) is 16.0 Å². The van der Waals surface area contributed by atoms with Crippen LogP contribution in [0.2, 0.25) is 0 Å². The third-order valence-corrected chi connectivity index (χ3v) is 4.09. The third kappa shape index (κ3) is 5.13. The Kier molecular flexibility index (Phi) is 6.27. The van der Waals surface area contributed by atoms with Crippen molar-refractivity contribution in [1.29, 1.82) is 0 Å². The van der Waals surface area contributed by atoms with Crippen molar-refractivity contribution >= 4 is 17.7 Å². The van der Waals surface area contributed by atoms with E-state index in [1.54, 1.807) is 11.8 Å². The van der Waals surface area contributed by atoms with Crippen molar-refractivity contribution in [3.8, 4) is 0 Å². The molecule has 3 heteroatoms. The van der Waals surface area contributed by atoms with Gasteiger partial charge in [0, 0.05) is 23.1 Å². The van der Waals surface area contributed by atoms with E-state index >= 15 is 0 Å². The first-order valence-electron chi connectivity index (χ1n) is 6.52. The zero-order valence-corrected chi connectivity index (χ0v) is 12.6. The molecule has 0 radical (unpaired) electrons. The third-order valence-electron chi connectivity index (χ3n) is 3.10. The molecule has 0 spiro atoms. The van der Waals surface area contributed by atoms with Gasteiger partial charge in [-0.15, -0.1) is 11.8 Å². The molecule has 0 bridgehead atoms. The van der Waals surface area contributed by atoms with E-state index < -0.39 is 0 Å². The van der Waals surface area contributed by atoms with Gasteiger partial charge < -0.3 is 5.32 Å². The van der Waals surface area contributed by atoms with Gasteiger partial charge in [-0.25, -0.2) is 0 Å². The average Bonchev–Trinajstić information content (AvgIpc) is 2.33. The van der Waals surface area contributed by atoms with Crippen LogP contribution in [0.15, 0.2) is 23.1 Å². The summed E-state index contributed by atoms with van der Waals surface area (Å²) in [6, 6.07) is 6.73. The lowest BCUT2D eigenvalue weighted by Gasteiger charge is -2.11. The molecule has 100 valence electrons. The lowest BCUT2D eigenvalue weighted by Crippen LogP contribution is -2.32. The van der Waals surface area contributed by atoms with Gasteiger partial charge in [0.05, 0.1) is 0 Å². The van der Waals surface area contributed by atoms with Crippen molar-refractivity contribution in [3.63, 3.8) is 0 Å². The summed E-state index contributed by atoms with van der Waals surface area (Å²) in [6.45, 7) is 8.35. The molecule has 1 atom stereocenters. The molecule has 0 aliphatic heterocycles. The number of thioether (sulfide) groups is 1. The summed E-state index contributed by atoms with van der Waals surface area (Å²) in [5.74, 6) is 0.991. The molecule has 18 heavy (non-hydrogen) atoms. The minimum Gasteiger partial charge on any atom is -0.354 e. The molecule has 1 amide bonds. The molecule has 0 saturated heterocycles. The molecule has 0 aliphatic rings. The van der Waals surface area contributed by atoms with Gasteiger partial charge in [-0.05, 0) is 50.5 Å². The first-order chi connectivity index (χ1) is 8.52. The van der Waals surface area contributed by atoms with Crippen molar-refractivity contribution in [1.82, 2.24) is 5.32 Å². The summed E-state index contributed by atoms with van der Waals surface area (Å²) < 4.78 is 0. The zero-order valence-electron chi connectivity index (χ0n) is 11.7. The maximum atomic E-state index is 11.6. The van der Waals surface area contributed by atoms with Crippen LogP contribution in [0.25, 0.3) is 0 Å². The molecular weight excluding hydrogens is 242 g/mol. The largest absolute Gasteiger partial charge is 0.354 e. The Morgan fingerprint density at radius 2 is 2.06 bits per heavy atom. The normalized spacial score (nSPS) is 12.2. The topological polar surface area (TPSA) is 29.1 Å². The molecule has 0 saturated carbocycles. The second-order valence-electron chi connectivity index (χ2n) is 4.72. The van der Waals surface area contributed by atoms with Gasteiger partial charge in [-0.2, -0.15) is 0 Å². The Hall–Kier alpha value is -0.960. The van der Waals surface area contributed by atoms with E-state index in [4.69, 9.17) is 0 Å². The van der Waals surface area contributed by atoms with Gasteiger partial charge in [0.1, 0.15) is 0 Å². The second-order valence-corrected chi connectivity index (χ2v) is 5.89. The average molecular weight is 265 g/mol. The summed E-state index contributed by atoms with van der Waals surface area (Å²) in [4.78, 5) is 12.8. The van der Waals surface area contributed by atoms with E-state index in [1.807, 2.05) is 6.92 Å². The van der Waals surface area contributed by atoms with Gasteiger partial charge in [-0.1, -0.05) is 13.0 Å². The summed E-state index contributed by atoms with van der Waals surface area (Å²) in [5, 5.41) is 2.98. The molecule has 1 aromatic rings. The Balaban J connectivity index is 2.33. The number of carbonyl (C=O) groups excluding carboxylic acids is 1. The van der Waals surface area contributed by atoms with Crippen LogP contribution in [-0.4, -0.2) is 17.7 Å². The van der Waals surface area contributed by atoms with Gasteiger partial charge in [0.2, 0.25) is 5.91 Å². The number of nitrogens with one attached hydrogen (secondary N) is 1. The van der Waals surface area contributed by atoms with Crippen molar-refractivity contribution in [2.45, 2.75) is 51.5 Å². The Morgan fingerprint density at radius 3 is 2.67 bits per heavy atom. The van der Waals surface area contributed by atoms with Crippen LogP contribution in [0.5, 0.6) is 0 Å². The standard InChI is InChI=1S/C15H23NOS/c1-5-13(4)16-15(17)8-9-18-14-7-6-11(2)12(3)10-14/h6-7,10,13H,5,8-9H2,1-4H3,(H,16,17). The summed E-state index contributed by atoms with van der Waals surface area (Å²) >= 11 is 1.75. The number of aryl methyl sites for hydroxylation is 2. The molecule has 1 aromatic carbocycles. The molecule has 2 nitrogen and oxygen atoms in total. The Morgan fingerprint density at radius 1 is 1.33 bits per heavy atom. The maximum Gasteiger partial charge on any atom is 0.221 e. The molecule has 1 N–H and O–H groups in total. The fourth-order valence-corrected chi connectivity index (χ4v) is 2.46. The smallest absolute Gasteiger partial charge is 0.221 e. The molecular formula is C15H23NOS. The Bertz CT molecular complexity index is 403. The first-order valence-corrected chi connectivity index (χ1v) is 7.51. The van der Waals surface area contributed by atoms with Crippen LogP contribution in [0, 0.1) is 13.8 Å². The minimum absolute atomic E-state index is 0.153. The quantitative estimate of drug-likeness (QED) is 0.795. The molecule has 0 aromatic heterocycles. The summed E-state index contributed by atoms with van der Waals surface area (Å²) in [6.07, 6.45) is 1.57. The van der Waals surface area contributed by atoms with Crippen LogP contribution in [0.1, 0.15) is 37.8 Å². The van der Waals surface area contributed by atoms with Crippen LogP contribution < -0.4 is 5.32 Å². The highest BCUT2D eigenvalue weighted by molar-refractivity contribution is 7.99. The molecule has 1 rings (SSSR count). The van der Waals surface area contributed by atoms with Crippen molar-refractivity contribution in [2.24, 2.45) is 0 Å². The van der Waals surface area contributed by atoms with Crippen molar-refractivity contribution in [3.05, 3.63) is 29.3 Å². The highest BCUT2D eigenvalue weighted by Crippen LogP contribution is 2.21. The van der Waals surface area contributed by atoms with Crippen molar-refractivity contribution < 1.29 is 4.79 Å². The van der Waals surface area contributed by atoms with Crippen LogP contribution in [-0.2, 0) is 4.79 Å². The number of hydrogen-bond donors (Lipinski definition) is 1. The highest BCUT2D eigenvalue weighted by Gasteiger charge is 2.05. The summed E-state index contributed by atoms with van der Waals surface area (Å²) in [5.41, 5.74) is 2.62. The lowest BCUT2D eigenvalue weighted by molar-refractivity contribution is -0.121. The van der Waals surface area contributed by atoms with Gasteiger partial charge >= 0.3 is 0 Å². The van der Waals surface area contributed by atoms with Gasteiger partial charge in [0.25, 0.3) is 0 Å². The van der Waals surface area contributed by atoms with Crippen molar-refractivity contribution in [2.75, 3.05) is 5.75 Å². The summed E-state index contributed by atoms with van der Waals surface area (Å²) in [7, 11) is 0. The number of hydrogen-bond acceptors (Lipinski definition) is 2. The van der Waals surface area contributed by atoms with Gasteiger partial charge in [-0.3, -0.25) is 4.79 Å². The molecule has 0 fully saturated rings. The molecule has 0 aliphatic carbocycles. The SMILES string of the molecule is CCC(C)NC(=O)CCSc1ccc(C)c(C)c1. The zero-order chi connectivity index (χ0) is 13.5. The molecule has 0 heterocycles. The maximum absolute atomic E-state index is 11.6.